The van der Waals surface area contributed by atoms with Gasteiger partial charge in [0.2, 0.25) is 5.91 Å². The molecule has 0 heterocycles. The molecule has 1 amide bonds. The minimum atomic E-state index is -0.509. The van der Waals surface area contributed by atoms with E-state index in [2.05, 4.69) is 21.2 Å². The summed E-state index contributed by atoms with van der Waals surface area (Å²) in [6.07, 6.45) is 0.125. The first-order chi connectivity index (χ1) is 10.5. The Morgan fingerprint density at radius 2 is 1.91 bits per heavy atom. The predicted molar refractivity (Wildman–Crippen MR) is 87.0 cm³/mol. The smallest absolute Gasteiger partial charge is 0.226 e. The van der Waals surface area contributed by atoms with E-state index in [9.17, 15) is 13.6 Å². The average Bonchev–Trinajstić information content (AvgIpc) is 2.48. The van der Waals surface area contributed by atoms with Crippen LogP contribution in [0, 0.1) is 11.6 Å². The molecule has 1 N–H and O–H groups in total. The number of nitrogens with zero attached hydrogens (tertiary/aromatic N) is 1. The number of hydrogen-bond acceptors (Lipinski definition) is 2. The van der Waals surface area contributed by atoms with Gasteiger partial charge in [-0.05, 0) is 30.3 Å². The minimum Gasteiger partial charge on any atom is -0.372 e. The summed E-state index contributed by atoms with van der Waals surface area (Å²) < 4.78 is 27.8. The Labute approximate surface area is 136 Å². The molecule has 2 aromatic carbocycles. The fourth-order valence-corrected chi connectivity index (χ4v) is 2.29. The number of carbonyl (C=O) groups excluding carboxylic acids is 1. The van der Waals surface area contributed by atoms with Gasteiger partial charge in [0.1, 0.15) is 11.6 Å². The molecular weight excluding hydrogens is 354 g/mol. The summed E-state index contributed by atoms with van der Waals surface area (Å²) in [5, 5.41) is 2.50. The van der Waals surface area contributed by atoms with Gasteiger partial charge in [-0.1, -0.05) is 28.1 Å². The van der Waals surface area contributed by atoms with Gasteiger partial charge in [0.15, 0.2) is 0 Å². The molecule has 0 radical (unpaired) electrons. The van der Waals surface area contributed by atoms with E-state index in [0.717, 1.165) is 0 Å². The first-order valence-electron chi connectivity index (χ1n) is 6.68. The van der Waals surface area contributed by atoms with Crippen LogP contribution in [0.25, 0.3) is 0 Å². The van der Waals surface area contributed by atoms with E-state index in [0.29, 0.717) is 16.7 Å². The molecule has 116 valence electrons. The van der Waals surface area contributed by atoms with Crippen LogP contribution in [0.5, 0.6) is 0 Å². The van der Waals surface area contributed by atoms with Gasteiger partial charge >= 0.3 is 0 Å². The molecule has 6 heteroatoms. The number of para-hydroxylation sites is 1. The van der Waals surface area contributed by atoms with Crippen molar-refractivity contribution >= 4 is 33.2 Å². The summed E-state index contributed by atoms with van der Waals surface area (Å²) in [6, 6.07) is 10.7. The molecule has 0 aliphatic carbocycles. The van der Waals surface area contributed by atoms with Crippen molar-refractivity contribution in [2.24, 2.45) is 0 Å². The van der Waals surface area contributed by atoms with Crippen LogP contribution in [-0.2, 0) is 4.79 Å². The summed E-state index contributed by atoms with van der Waals surface area (Å²) in [4.78, 5) is 13.5. The average molecular weight is 369 g/mol. The van der Waals surface area contributed by atoms with Crippen molar-refractivity contribution in [2.45, 2.75) is 6.42 Å². The Kier molecular flexibility index (Phi) is 5.49. The number of halogens is 3. The van der Waals surface area contributed by atoms with Crippen molar-refractivity contribution in [3.05, 3.63) is 58.6 Å². The standard InChI is InChI=1S/C16H15BrF2N2O/c1-21(15-5-3-2-4-12(15)18)9-8-16(22)20-14-7-6-11(17)10-13(14)19/h2-7,10H,8-9H2,1H3,(H,20,22). The van der Waals surface area contributed by atoms with E-state index in [4.69, 9.17) is 0 Å². The van der Waals surface area contributed by atoms with Gasteiger partial charge in [-0.15, -0.1) is 0 Å². The van der Waals surface area contributed by atoms with Crippen molar-refractivity contribution < 1.29 is 13.6 Å². The van der Waals surface area contributed by atoms with Crippen LogP contribution in [-0.4, -0.2) is 19.5 Å². The van der Waals surface area contributed by atoms with Crippen molar-refractivity contribution in [3.63, 3.8) is 0 Å². The summed E-state index contributed by atoms with van der Waals surface area (Å²) >= 11 is 3.15. The van der Waals surface area contributed by atoms with Crippen LogP contribution < -0.4 is 10.2 Å². The number of hydrogen-bond donors (Lipinski definition) is 1. The maximum Gasteiger partial charge on any atom is 0.226 e. The van der Waals surface area contributed by atoms with Crippen LogP contribution in [0.1, 0.15) is 6.42 Å². The maximum atomic E-state index is 13.6. The van der Waals surface area contributed by atoms with Gasteiger partial charge < -0.3 is 10.2 Å². The number of carbonyl (C=O) groups is 1. The summed E-state index contributed by atoms with van der Waals surface area (Å²) in [5.41, 5.74) is 0.548. The van der Waals surface area contributed by atoms with Crippen molar-refractivity contribution in [3.8, 4) is 0 Å². The molecule has 3 nitrogen and oxygen atoms in total. The maximum absolute atomic E-state index is 13.6. The van der Waals surface area contributed by atoms with Gasteiger partial charge in [-0.2, -0.15) is 0 Å². The zero-order valence-corrected chi connectivity index (χ0v) is 13.5. The van der Waals surface area contributed by atoms with Crippen molar-refractivity contribution in [2.75, 3.05) is 23.8 Å². The number of rotatable bonds is 5. The van der Waals surface area contributed by atoms with E-state index in [1.165, 1.54) is 18.2 Å². The van der Waals surface area contributed by atoms with Crippen molar-refractivity contribution in [1.82, 2.24) is 0 Å². The van der Waals surface area contributed by atoms with Crippen LogP contribution in [0.4, 0.5) is 20.2 Å². The Hall–Kier alpha value is -1.95. The van der Waals surface area contributed by atoms with E-state index in [1.807, 2.05) is 0 Å². The predicted octanol–water partition coefficient (Wildman–Crippen LogP) is 4.19. The first-order valence-corrected chi connectivity index (χ1v) is 7.47. The monoisotopic (exact) mass is 368 g/mol. The van der Waals surface area contributed by atoms with E-state index in [1.54, 1.807) is 36.2 Å². The molecule has 0 aliphatic heterocycles. The number of benzene rings is 2. The third-order valence-electron chi connectivity index (χ3n) is 3.14. The van der Waals surface area contributed by atoms with Crippen LogP contribution in [0.2, 0.25) is 0 Å². The van der Waals surface area contributed by atoms with Gasteiger partial charge in [0.05, 0.1) is 11.4 Å². The number of amides is 1. The molecular formula is C16H15BrF2N2O. The summed E-state index contributed by atoms with van der Waals surface area (Å²) in [5.74, 6) is -1.18. The van der Waals surface area contributed by atoms with Gasteiger partial charge in [0.25, 0.3) is 0 Å². The quantitative estimate of drug-likeness (QED) is 0.857. The SMILES string of the molecule is CN(CCC(=O)Nc1ccc(Br)cc1F)c1ccccc1F. The topological polar surface area (TPSA) is 32.3 Å². The lowest BCUT2D eigenvalue weighted by molar-refractivity contribution is -0.116. The molecule has 0 atom stereocenters. The lowest BCUT2D eigenvalue weighted by Gasteiger charge is -2.19. The Morgan fingerprint density at radius 3 is 2.59 bits per heavy atom. The Balaban J connectivity index is 1.91. The molecule has 0 saturated carbocycles. The lowest BCUT2D eigenvalue weighted by atomic mass is 10.2. The molecule has 0 saturated heterocycles. The third-order valence-corrected chi connectivity index (χ3v) is 3.64. The van der Waals surface area contributed by atoms with Crippen LogP contribution in [0.3, 0.4) is 0 Å². The molecule has 0 spiro atoms. The highest BCUT2D eigenvalue weighted by Crippen LogP contribution is 2.20. The number of anilines is 2. The highest BCUT2D eigenvalue weighted by Gasteiger charge is 2.11. The highest BCUT2D eigenvalue weighted by molar-refractivity contribution is 9.10. The largest absolute Gasteiger partial charge is 0.372 e. The molecule has 0 bridgehead atoms. The zero-order chi connectivity index (χ0) is 16.1. The Morgan fingerprint density at radius 1 is 1.18 bits per heavy atom. The van der Waals surface area contributed by atoms with E-state index >= 15 is 0 Å². The van der Waals surface area contributed by atoms with Gasteiger partial charge in [-0.3, -0.25) is 4.79 Å². The lowest BCUT2D eigenvalue weighted by Crippen LogP contribution is -2.24. The molecule has 2 rings (SSSR count). The fraction of sp³-hybridized carbons (Fsp3) is 0.188. The molecule has 22 heavy (non-hydrogen) atoms. The normalized spacial score (nSPS) is 10.4. The first kappa shape index (κ1) is 16.4. The number of nitrogens with one attached hydrogen (secondary N) is 1. The summed E-state index contributed by atoms with van der Waals surface area (Å²) in [6.45, 7) is 0.324. The van der Waals surface area contributed by atoms with Crippen LogP contribution >= 0.6 is 15.9 Å². The third kappa shape index (κ3) is 4.27. The van der Waals surface area contributed by atoms with Crippen molar-refractivity contribution in [1.29, 1.82) is 0 Å². The zero-order valence-electron chi connectivity index (χ0n) is 11.9. The molecule has 0 aromatic heterocycles. The van der Waals surface area contributed by atoms with Crippen LogP contribution in [0.15, 0.2) is 46.9 Å². The molecule has 2 aromatic rings. The van der Waals surface area contributed by atoms with Gasteiger partial charge in [0, 0.05) is 24.5 Å². The Bertz CT molecular complexity index is 679. The van der Waals surface area contributed by atoms with E-state index < -0.39 is 5.82 Å². The fourth-order valence-electron chi connectivity index (χ4n) is 1.95. The summed E-state index contributed by atoms with van der Waals surface area (Å²) in [7, 11) is 1.70. The molecule has 0 fully saturated rings. The second-order valence-corrected chi connectivity index (χ2v) is 5.71. The molecule has 0 aliphatic rings. The minimum absolute atomic E-state index is 0.125. The van der Waals surface area contributed by atoms with E-state index in [-0.39, 0.29) is 23.8 Å². The van der Waals surface area contributed by atoms with Gasteiger partial charge in [-0.25, -0.2) is 8.78 Å². The second-order valence-electron chi connectivity index (χ2n) is 4.80. The highest BCUT2D eigenvalue weighted by atomic mass is 79.9. The molecule has 0 unspecified atom stereocenters. The second kappa shape index (κ2) is 7.35.